The van der Waals surface area contributed by atoms with Crippen molar-refractivity contribution < 1.29 is 4.74 Å². The SMILES string of the molecule is N#C[C@@H]1CC[C@H](N[C@@H]2CCCC23CCOCC3)C1. The molecule has 0 bridgehead atoms. The van der Waals surface area contributed by atoms with Gasteiger partial charge in [-0.05, 0) is 50.4 Å². The molecule has 0 aromatic carbocycles. The van der Waals surface area contributed by atoms with E-state index in [0.717, 1.165) is 26.1 Å². The van der Waals surface area contributed by atoms with Crippen molar-refractivity contribution in [3.63, 3.8) is 0 Å². The van der Waals surface area contributed by atoms with Crippen LogP contribution in [0.5, 0.6) is 0 Å². The third kappa shape index (κ3) is 2.29. The van der Waals surface area contributed by atoms with Gasteiger partial charge in [-0.3, -0.25) is 0 Å². The maximum absolute atomic E-state index is 8.99. The zero-order valence-corrected chi connectivity index (χ0v) is 11.2. The van der Waals surface area contributed by atoms with E-state index < -0.39 is 0 Å². The van der Waals surface area contributed by atoms with Crippen molar-refractivity contribution in [1.29, 1.82) is 5.26 Å². The van der Waals surface area contributed by atoms with Gasteiger partial charge in [-0.2, -0.15) is 5.26 Å². The summed E-state index contributed by atoms with van der Waals surface area (Å²) >= 11 is 0. The summed E-state index contributed by atoms with van der Waals surface area (Å²) in [4.78, 5) is 0. The van der Waals surface area contributed by atoms with Gasteiger partial charge in [-0.25, -0.2) is 0 Å². The molecule has 3 rings (SSSR count). The topological polar surface area (TPSA) is 45.0 Å². The summed E-state index contributed by atoms with van der Waals surface area (Å²) in [6.45, 7) is 1.90. The molecule has 0 amide bonds. The van der Waals surface area contributed by atoms with Gasteiger partial charge in [-0.15, -0.1) is 0 Å². The van der Waals surface area contributed by atoms with Gasteiger partial charge in [0.25, 0.3) is 0 Å². The lowest BCUT2D eigenvalue weighted by molar-refractivity contribution is 0.00256. The molecule has 2 saturated carbocycles. The Hall–Kier alpha value is -0.590. The Balaban J connectivity index is 1.60. The quantitative estimate of drug-likeness (QED) is 0.817. The first-order chi connectivity index (χ1) is 8.82. The molecule has 0 aromatic heterocycles. The second-order valence-electron chi connectivity index (χ2n) is 6.42. The molecule has 3 nitrogen and oxygen atoms in total. The Labute approximate surface area is 110 Å². The van der Waals surface area contributed by atoms with Crippen molar-refractivity contribution in [2.75, 3.05) is 13.2 Å². The number of nitrogens with zero attached hydrogens (tertiary/aromatic N) is 1. The van der Waals surface area contributed by atoms with Crippen molar-refractivity contribution in [3.05, 3.63) is 0 Å². The summed E-state index contributed by atoms with van der Waals surface area (Å²) < 4.78 is 5.54. The summed E-state index contributed by atoms with van der Waals surface area (Å²) in [6, 6.07) is 3.71. The number of nitriles is 1. The molecule has 1 aliphatic heterocycles. The van der Waals surface area contributed by atoms with Crippen LogP contribution in [0.3, 0.4) is 0 Å². The Bertz CT molecular complexity index is 330. The molecule has 1 saturated heterocycles. The van der Waals surface area contributed by atoms with E-state index in [1.807, 2.05) is 0 Å². The average molecular weight is 248 g/mol. The first kappa shape index (κ1) is 12.4. The number of rotatable bonds is 2. The van der Waals surface area contributed by atoms with Crippen molar-refractivity contribution in [3.8, 4) is 6.07 Å². The molecule has 0 unspecified atom stereocenters. The van der Waals surface area contributed by atoms with Crippen LogP contribution in [0.2, 0.25) is 0 Å². The molecular formula is C15H24N2O. The Kier molecular flexibility index (Phi) is 3.59. The third-order valence-electron chi connectivity index (χ3n) is 5.45. The van der Waals surface area contributed by atoms with E-state index in [0.29, 0.717) is 23.4 Å². The Morgan fingerprint density at radius 1 is 1.11 bits per heavy atom. The minimum Gasteiger partial charge on any atom is -0.381 e. The van der Waals surface area contributed by atoms with Crippen LogP contribution in [-0.2, 0) is 4.74 Å². The molecule has 3 aliphatic rings. The molecule has 3 heteroatoms. The van der Waals surface area contributed by atoms with Gasteiger partial charge >= 0.3 is 0 Å². The third-order valence-corrected chi connectivity index (χ3v) is 5.45. The summed E-state index contributed by atoms with van der Waals surface area (Å²) in [5.74, 6) is 0.301. The zero-order chi connectivity index (χ0) is 12.4. The van der Waals surface area contributed by atoms with Crippen LogP contribution < -0.4 is 5.32 Å². The van der Waals surface area contributed by atoms with Crippen LogP contribution in [0.25, 0.3) is 0 Å². The summed E-state index contributed by atoms with van der Waals surface area (Å²) in [5, 5.41) is 12.9. The van der Waals surface area contributed by atoms with Crippen molar-refractivity contribution in [2.24, 2.45) is 11.3 Å². The van der Waals surface area contributed by atoms with E-state index >= 15 is 0 Å². The molecule has 100 valence electrons. The summed E-state index contributed by atoms with van der Waals surface area (Å²) in [6.07, 6.45) is 9.90. The van der Waals surface area contributed by atoms with Crippen LogP contribution in [0.15, 0.2) is 0 Å². The average Bonchev–Trinajstić information content (AvgIpc) is 3.00. The van der Waals surface area contributed by atoms with E-state index in [1.165, 1.54) is 38.5 Å². The standard InChI is InChI=1S/C15H24N2O/c16-11-12-3-4-13(10-12)17-14-2-1-5-15(14)6-8-18-9-7-15/h12-14,17H,1-10H2/t12-,13+,14-/m1/s1. The number of hydrogen-bond donors (Lipinski definition) is 1. The number of ether oxygens (including phenoxy) is 1. The highest BCUT2D eigenvalue weighted by atomic mass is 16.5. The highest BCUT2D eigenvalue weighted by Gasteiger charge is 2.44. The lowest BCUT2D eigenvalue weighted by Crippen LogP contribution is -2.48. The molecule has 3 fully saturated rings. The molecule has 18 heavy (non-hydrogen) atoms. The van der Waals surface area contributed by atoms with Crippen LogP contribution >= 0.6 is 0 Å². The number of hydrogen-bond acceptors (Lipinski definition) is 3. The molecule has 1 heterocycles. The summed E-state index contributed by atoms with van der Waals surface area (Å²) in [5.41, 5.74) is 0.517. The summed E-state index contributed by atoms with van der Waals surface area (Å²) in [7, 11) is 0. The first-order valence-electron chi connectivity index (χ1n) is 7.56. The smallest absolute Gasteiger partial charge is 0.0656 e. The van der Waals surface area contributed by atoms with Crippen LogP contribution in [0, 0.1) is 22.7 Å². The normalized spacial score (nSPS) is 38.9. The van der Waals surface area contributed by atoms with Crippen molar-refractivity contribution in [1.82, 2.24) is 5.32 Å². The molecule has 1 N–H and O–H groups in total. The fraction of sp³-hybridized carbons (Fsp3) is 0.933. The molecule has 0 aromatic rings. The highest BCUT2D eigenvalue weighted by molar-refractivity contribution is 5.01. The van der Waals surface area contributed by atoms with Gasteiger partial charge < -0.3 is 10.1 Å². The largest absolute Gasteiger partial charge is 0.381 e. The van der Waals surface area contributed by atoms with E-state index in [2.05, 4.69) is 11.4 Å². The fourth-order valence-electron chi connectivity index (χ4n) is 4.31. The second-order valence-corrected chi connectivity index (χ2v) is 6.42. The maximum atomic E-state index is 8.99. The Morgan fingerprint density at radius 2 is 1.94 bits per heavy atom. The molecular weight excluding hydrogens is 224 g/mol. The molecule has 3 atom stereocenters. The lowest BCUT2D eigenvalue weighted by Gasteiger charge is -2.40. The van der Waals surface area contributed by atoms with Gasteiger partial charge in [0, 0.05) is 31.2 Å². The van der Waals surface area contributed by atoms with Gasteiger partial charge in [0.15, 0.2) is 0 Å². The monoisotopic (exact) mass is 248 g/mol. The molecule has 2 aliphatic carbocycles. The highest BCUT2D eigenvalue weighted by Crippen LogP contribution is 2.46. The predicted molar refractivity (Wildman–Crippen MR) is 70.0 cm³/mol. The fourth-order valence-corrected chi connectivity index (χ4v) is 4.31. The van der Waals surface area contributed by atoms with Gasteiger partial charge in [-0.1, -0.05) is 6.42 Å². The van der Waals surface area contributed by atoms with Crippen molar-refractivity contribution >= 4 is 0 Å². The van der Waals surface area contributed by atoms with E-state index in [9.17, 15) is 0 Å². The van der Waals surface area contributed by atoms with Gasteiger partial charge in [0.1, 0.15) is 0 Å². The lowest BCUT2D eigenvalue weighted by atomic mass is 9.75. The molecule has 0 radical (unpaired) electrons. The maximum Gasteiger partial charge on any atom is 0.0656 e. The number of nitrogens with one attached hydrogen (secondary N) is 1. The van der Waals surface area contributed by atoms with E-state index in [4.69, 9.17) is 10.00 Å². The zero-order valence-electron chi connectivity index (χ0n) is 11.2. The molecule has 1 spiro atoms. The van der Waals surface area contributed by atoms with Gasteiger partial charge in [0.05, 0.1) is 6.07 Å². The van der Waals surface area contributed by atoms with Crippen LogP contribution in [0.4, 0.5) is 0 Å². The minimum atomic E-state index is 0.301. The van der Waals surface area contributed by atoms with Crippen molar-refractivity contribution in [2.45, 2.75) is 63.5 Å². The van der Waals surface area contributed by atoms with E-state index in [1.54, 1.807) is 0 Å². The minimum absolute atomic E-state index is 0.301. The first-order valence-corrected chi connectivity index (χ1v) is 7.56. The second kappa shape index (κ2) is 5.19. The Morgan fingerprint density at radius 3 is 2.67 bits per heavy atom. The van der Waals surface area contributed by atoms with Gasteiger partial charge in [0.2, 0.25) is 0 Å². The van der Waals surface area contributed by atoms with Crippen LogP contribution in [0.1, 0.15) is 51.4 Å². The van der Waals surface area contributed by atoms with Crippen LogP contribution in [-0.4, -0.2) is 25.3 Å². The van der Waals surface area contributed by atoms with E-state index in [-0.39, 0.29) is 0 Å². The predicted octanol–water partition coefficient (Wildman–Crippen LogP) is 2.62.